The summed E-state index contributed by atoms with van der Waals surface area (Å²) in [5, 5.41) is 0. The number of nitrogens with zero attached hydrogens (tertiary/aromatic N) is 1. The molecule has 0 unspecified atom stereocenters. The van der Waals surface area contributed by atoms with Gasteiger partial charge < -0.3 is 5.73 Å². The van der Waals surface area contributed by atoms with Gasteiger partial charge in [0.05, 0.1) is 0 Å². The Balaban J connectivity index is 1.74. The van der Waals surface area contributed by atoms with Gasteiger partial charge in [0.2, 0.25) is 0 Å². The molecule has 2 heteroatoms. The van der Waals surface area contributed by atoms with Gasteiger partial charge in [0.1, 0.15) is 0 Å². The molecule has 1 aliphatic heterocycles. The predicted octanol–water partition coefficient (Wildman–Crippen LogP) is 3.17. The second-order valence-electron chi connectivity index (χ2n) is 6.13. The highest BCUT2D eigenvalue weighted by Gasteiger charge is 2.32. The van der Waals surface area contributed by atoms with E-state index in [1.165, 1.54) is 16.7 Å². The zero-order valence-corrected chi connectivity index (χ0v) is 12.7. The third kappa shape index (κ3) is 3.17. The topological polar surface area (TPSA) is 29.3 Å². The highest BCUT2D eigenvalue weighted by atomic mass is 15.2. The van der Waals surface area contributed by atoms with E-state index in [9.17, 15) is 0 Å². The van der Waals surface area contributed by atoms with E-state index in [0.29, 0.717) is 11.8 Å². The molecule has 1 saturated heterocycles. The van der Waals surface area contributed by atoms with Crippen LogP contribution in [0.3, 0.4) is 0 Å². The fourth-order valence-corrected chi connectivity index (χ4v) is 3.43. The lowest BCUT2D eigenvalue weighted by Gasteiger charge is -2.17. The number of hydrogen-bond acceptors (Lipinski definition) is 2. The van der Waals surface area contributed by atoms with Crippen LogP contribution in [0.4, 0.5) is 0 Å². The van der Waals surface area contributed by atoms with Crippen molar-refractivity contribution >= 4 is 0 Å². The third-order valence-corrected chi connectivity index (χ3v) is 4.70. The number of nitrogens with two attached hydrogens (primary N) is 1. The Morgan fingerprint density at radius 1 is 1.00 bits per heavy atom. The Morgan fingerprint density at radius 3 is 2.43 bits per heavy atom. The first-order valence-electron chi connectivity index (χ1n) is 7.80. The monoisotopic (exact) mass is 280 g/mol. The molecular weight excluding hydrogens is 256 g/mol. The average Bonchev–Trinajstić information content (AvgIpc) is 2.93. The smallest absolute Gasteiger partial charge is 0.0236 e. The molecule has 0 amide bonds. The fourth-order valence-electron chi connectivity index (χ4n) is 3.43. The van der Waals surface area contributed by atoms with Crippen LogP contribution in [0.5, 0.6) is 0 Å². The van der Waals surface area contributed by atoms with Gasteiger partial charge in [-0.2, -0.15) is 0 Å². The van der Waals surface area contributed by atoms with Crippen molar-refractivity contribution in [3.8, 4) is 0 Å². The molecule has 0 spiro atoms. The minimum Gasteiger partial charge on any atom is -0.330 e. The first-order valence-corrected chi connectivity index (χ1v) is 7.80. The van der Waals surface area contributed by atoms with E-state index in [1.807, 2.05) is 0 Å². The number of likely N-dealkylation sites (tertiary alicyclic amines) is 1. The van der Waals surface area contributed by atoms with Crippen molar-refractivity contribution in [1.29, 1.82) is 0 Å². The maximum atomic E-state index is 6.02. The molecule has 2 aromatic carbocycles. The van der Waals surface area contributed by atoms with E-state index in [2.05, 4.69) is 66.4 Å². The second kappa shape index (κ2) is 6.42. The molecular formula is C19H24N2. The molecule has 1 heterocycles. The predicted molar refractivity (Wildman–Crippen MR) is 88.2 cm³/mol. The number of benzene rings is 2. The van der Waals surface area contributed by atoms with Crippen LogP contribution in [0.25, 0.3) is 0 Å². The summed E-state index contributed by atoms with van der Waals surface area (Å²) in [6.07, 6.45) is 0. The summed E-state index contributed by atoms with van der Waals surface area (Å²) >= 11 is 0. The maximum Gasteiger partial charge on any atom is 0.0236 e. The molecule has 0 radical (unpaired) electrons. The van der Waals surface area contributed by atoms with Crippen LogP contribution in [0.15, 0.2) is 54.6 Å². The molecule has 1 aliphatic rings. The molecule has 0 bridgehead atoms. The van der Waals surface area contributed by atoms with Gasteiger partial charge in [0, 0.05) is 25.6 Å². The zero-order chi connectivity index (χ0) is 14.7. The number of hydrogen-bond donors (Lipinski definition) is 1. The summed E-state index contributed by atoms with van der Waals surface area (Å²) < 4.78 is 0. The van der Waals surface area contributed by atoms with Crippen molar-refractivity contribution < 1.29 is 0 Å². The van der Waals surface area contributed by atoms with Crippen molar-refractivity contribution in [3.05, 3.63) is 71.3 Å². The van der Waals surface area contributed by atoms with E-state index < -0.39 is 0 Å². The lowest BCUT2D eigenvalue weighted by atomic mass is 9.89. The summed E-state index contributed by atoms with van der Waals surface area (Å²) in [5.41, 5.74) is 10.3. The average molecular weight is 280 g/mol. The zero-order valence-electron chi connectivity index (χ0n) is 12.7. The lowest BCUT2D eigenvalue weighted by molar-refractivity contribution is 0.316. The van der Waals surface area contributed by atoms with Gasteiger partial charge in [0.25, 0.3) is 0 Å². The highest BCUT2D eigenvalue weighted by Crippen LogP contribution is 2.32. The van der Waals surface area contributed by atoms with E-state index in [0.717, 1.165) is 26.2 Å². The normalized spacial score (nSPS) is 22.6. The summed E-state index contributed by atoms with van der Waals surface area (Å²) in [4.78, 5) is 2.55. The van der Waals surface area contributed by atoms with Crippen molar-refractivity contribution in [2.24, 2.45) is 11.7 Å². The van der Waals surface area contributed by atoms with Crippen molar-refractivity contribution in [2.75, 3.05) is 19.6 Å². The van der Waals surface area contributed by atoms with Gasteiger partial charge in [-0.15, -0.1) is 0 Å². The number of aryl methyl sites for hydroxylation is 1. The minimum absolute atomic E-state index is 0.566. The van der Waals surface area contributed by atoms with E-state index in [1.54, 1.807) is 0 Å². The minimum atomic E-state index is 0.566. The van der Waals surface area contributed by atoms with Crippen LogP contribution < -0.4 is 5.73 Å². The van der Waals surface area contributed by atoms with Gasteiger partial charge >= 0.3 is 0 Å². The Labute approximate surface area is 127 Å². The second-order valence-corrected chi connectivity index (χ2v) is 6.13. The highest BCUT2D eigenvalue weighted by molar-refractivity contribution is 5.27. The van der Waals surface area contributed by atoms with Crippen LogP contribution in [-0.2, 0) is 6.54 Å². The Hall–Kier alpha value is -1.64. The quantitative estimate of drug-likeness (QED) is 0.932. The first kappa shape index (κ1) is 14.3. The van der Waals surface area contributed by atoms with Crippen LogP contribution in [0.2, 0.25) is 0 Å². The number of rotatable bonds is 4. The summed E-state index contributed by atoms with van der Waals surface area (Å²) in [5.74, 6) is 1.14. The van der Waals surface area contributed by atoms with E-state index in [4.69, 9.17) is 5.73 Å². The Bertz CT molecular complexity index is 579. The summed E-state index contributed by atoms with van der Waals surface area (Å²) in [6, 6.07) is 19.5. The summed E-state index contributed by atoms with van der Waals surface area (Å²) in [7, 11) is 0. The van der Waals surface area contributed by atoms with E-state index >= 15 is 0 Å². The molecule has 3 rings (SSSR count). The van der Waals surface area contributed by atoms with Crippen LogP contribution >= 0.6 is 0 Å². The SMILES string of the molecule is Cc1ccccc1CN1C[C@@H](CN)[C@H](c2ccccc2)C1. The van der Waals surface area contributed by atoms with Gasteiger partial charge in [-0.05, 0) is 36.1 Å². The Kier molecular flexibility index (Phi) is 4.37. The molecule has 1 fully saturated rings. The molecule has 2 nitrogen and oxygen atoms in total. The van der Waals surface area contributed by atoms with Gasteiger partial charge in [-0.3, -0.25) is 4.90 Å². The first-order chi connectivity index (χ1) is 10.3. The van der Waals surface area contributed by atoms with Crippen molar-refractivity contribution in [2.45, 2.75) is 19.4 Å². The van der Waals surface area contributed by atoms with Crippen molar-refractivity contribution in [3.63, 3.8) is 0 Å². The fraction of sp³-hybridized carbons (Fsp3) is 0.368. The lowest BCUT2D eigenvalue weighted by Crippen LogP contribution is -2.23. The Morgan fingerprint density at radius 2 is 1.71 bits per heavy atom. The molecule has 0 aromatic heterocycles. The molecule has 2 N–H and O–H groups in total. The molecule has 0 saturated carbocycles. The van der Waals surface area contributed by atoms with Crippen LogP contribution in [-0.4, -0.2) is 24.5 Å². The van der Waals surface area contributed by atoms with Gasteiger partial charge in [-0.25, -0.2) is 0 Å². The maximum absolute atomic E-state index is 6.02. The van der Waals surface area contributed by atoms with Crippen LogP contribution in [0.1, 0.15) is 22.6 Å². The van der Waals surface area contributed by atoms with Gasteiger partial charge in [-0.1, -0.05) is 54.6 Å². The largest absolute Gasteiger partial charge is 0.330 e. The summed E-state index contributed by atoms with van der Waals surface area (Å²) in [6.45, 7) is 6.21. The molecule has 0 aliphatic carbocycles. The molecule has 110 valence electrons. The van der Waals surface area contributed by atoms with Gasteiger partial charge in [0.15, 0.2) is 0 Å². The molecule has 2 aromatic rings. The van der Waals surface area contributed by atoms with Crippen molar-refractivity contribution in [1.82, 2.24) is 4.90 Å². The van der Waals surface area contributed by atoms with Crippen LogP contribution in [0, 0.1) is 12.8 Å². The third-order valence-electron chi connectivity index (χ3n) is 4.70. The molecule has 21 heavy (non-hydrogen) atoms. The standard InChI is InChI=1S/C19H24N2/c1-15-7-5-6-10-17(15)12-21-13-18(11-20)19(14-21)16-8-3-2-4-9-16/h2-10,18-19H,11-14,20H2,1H3/t18-,19+/m1/s1. The molecule has 2 atom stereocenters. The van der Waals surface area contributed by atoms with E-state index in [-0.39, 0.29) is 0 Å².